The summed E-state index contributed by atoms with van der Waals surface area (Å²) < 4.78 is 4.94. The first-order valence-corrected chi connectivity index (χ1v) is 5.28. The molecule has 0 unspecified atom stereocenters. The second kappa shape index (κ2) is 8.03. The van der Waals surface area contributed by atoms with Crippen LogP contribution in [0.15, 0.2) is 11.6 Å². The van der Waals surface area contributed by atoms with Crippen LogP contribution in [0, 0.1) is 0 Å². The van der Waals surface area contributed by atoms with Crippen LogP contribution in [0.4, 0.5) is 0 Å². The number of unbranched alkanes of at least 4 members (excludes halogenated alkanes) is 1. The number of carbonyl (C=O) groups is 2. The van der Waals surface area contributed by atoms with E-state index in [2.05, 4.69) is 0 Å². The molecule has 0 aliphatic carbocycles. The van der Waals surface area contributed by atoms with Gasteiger partial charge in [-0.3, -0.25) is 4.79 Å². The number of carbonyl (C=O) groups excluding carboxylic acids is 2. The second-order valence-electron chi connectivity index (χ2n) is 3.31. The number of nitrogens with two attached hydrogens (primary N) is 1. The fourth-order valence-corrected chi connectivity index (χ4v) is 1.06. The molecule has 0 radical (unpaired) electrons. The average molecular weight is 213 g/mol. The number of rotatable bonds is 7. The Morgan fingerprint density at radius 3 is 2.40 bits per heavy atom. The van der Waals surface area contributed by atoms with E-state index in [0.29, 0.717) is 18.6 Å². The van der Waals surface area contributed by atoms with E-state index in [9.17, 15) is 9.59 Å². The zero-order chi connectivity index (χ0) is 11.7. The maximum Gasteiger partial charge on any atom is 0.334 e. The topological polar surface area (TPSA) is 69.4 Å². The first-order chi connectivity index (χ1) is 7.11. The van der Waals surface area contributed by atoms with E-state index in [1.54, 1.807) is 0 Å². The molecule has 0 atom stereocenters. The molecule has 0 saturated carbocycles. The Morgan fingerprint density at radius 1 is 1.27 bits per heavy atom. The second-order valence-corrected chi connectivity index (χ2v) is 3.31. The molecule has 0 aliphatic rings. The number of primary amides is 1. The van der Waals surface area contributed by atoms with Crippen LogP contribution in [0.5, 0.6) is 0 Å². The highest BCUT2D eigenvalue weighted by Gasteiger charge is 2.11. The van der Waals surface area contributed by atoms with E-state index in [1.165, 1.54) is 0 Å². The molecule has 86 valence electrons. The van der Waals surface area contributed by atoms with Crippen molar-refractivity contribution in [3.63, 3.8) is 0 Å². The summed E-state index contributed by atoms with van der Waals surface area (Å²) in [6.07, 6.45) is 4.27. The summed E-state index contributed by atoms with van der Waals surface area (Å²) in [4.78, 5) is 22.1. The van der Waals surface area contributed by atoms with Gasteiger partial charge in [-0.15, -0.1) is 0 Å². The minimum Gasteiger partial charge on any atom is -0.462 e. The maximum absolute atomic E-state index is 11.4. The summed E-state index contributed by atoms with van der Waals surface area (Å²) in [6, 6.07) is 0. The number of ether oxygens (including phenoxy) is 1. The van der Waals surface area contributed by atoms with Crippen LogP contribution in [0.1, 0.15) is 39.5 Å². The first kappa shape index (κ1) is 13.7. The molecule has 0 aromatic carbocycles. The van der Waals surface area contributed by atoms with Crippen molar-refractivity contribution in [3.8, 4) is 0 Å². The summed E-state index contributed by atoms with van der Waals surface area (Å²) in [7, 11) is 0. The van der Waals surface area contributed by atoms with E-state index in [0.717, 1.165) is 25.3 Å². The molecule has 1 amide bonds. The molecule has 0 rings (SSSR count). The molecule has 0 fully saturated rings. The molecule has 0 saturated heterocycles. The van der Waals surface area contributed by atoms with Gasteiger partial charge in [0.1, 0.15) is 0 Å². The third-order valence-electron chi connectivity index (χ3n) is 1.82. The van der Waals surface area contributed by atoms with Crippen LogP contribution < -0.4 is 5.73 Å². The molecule has 0 aromatic heterocycles. The Bertz CT molecular complexity index is 246. The smallest absolute Gasteiger partial charge is 0.334 e. The fourth-order valence-electron chi connectivity index (χ4n) is 1.06. The normalized spacial score (nSPS) is 11.2. The van der Waals surface area contributed by atoms with Crippen LogP contribution in [0.3, 0.4) is 0 Å². The molecule has 0 heterocycles. The lowest BCUT2D eigenvalue weighted by molar-refractivity contribution is -0.139. The van der Waals surface area contributed by atoms with E-state index < -0.39 is 11.9 Å². The summed E-state index contributed by atoms with van der Waals surface area (Å²) >= 11 is 0. The largest absolute Gasteiger partial charge is 0.462 e. The van der Waals surface area contributed by atoms with Crippen LogP contribution in [0.25, 0.3) is 0 Å². The summed E-state index contributed by atoms with van der Waals surface area (Å²) in [5.41, 5.74) is 5.38. The van der Waals surface area contributed by atoms with E-state index >= 15 is 0 Å². The zero-order valence-corrected chi connectivity index (χ0v) is 9.41. The number of hydrogen-bond donors (Lipinski definition) is 1. The van der Waals surface area contributed by atoms with Gasteiger partial charge in [0.15, 0.2) is 0 Å². The maximum atomic E-state index is 11.4. The first-order valence-electron chi connectivity index (χ1n) is 5.28. The molecule has 0 spiro atoms. The Labute approximate surface area is 90.5 Å². The summed E-state index contributed by atoms with van der Waals surface area (Å²) in [6.45, 7) is 4.30. The fraction of sp³-hybridized carbons (Fsp3) is 0.636. The minimum atomic E-state index is -0.602. The third kappa shape index (κ3) is 6.71. The molecule has 0 aliphatic heterocycles. The van der Waals surface area contributed by atoms with Crippen molar-refractivity contribution in [1.29, 1.82) is 0 Å². The summed E-state index contributed by atoms with van der Waals surface area (Å²) in [5.74, 6) is -1.03. The molecule has 4 nitrogen and oxygen atoms in total. The van der Waals surface area contributed by atoms with Crippen LogP contribution in [-0.2, 0) is 14.3 Å². The Balaban J connectivity index is 4.34. The summed E-state index contributed by atoms with van der Waals surface area (Å²) in [5, 5.41) is 0. The third-order valence-corrected chi connectivity index (χ3v) is 1.82. The van der Waals surface area contributed by atoms with Gasteiger partial charge in [0.2, 0.25) is 5.91 Å². The molecule has 4 heteroatoms. The molecule has 15 heavy (non-hydrogen) atoms. The van der Waals surface area contributed by atoms with Gasteiger partial charge in [-0.2, -0.15) is 0 Å². The molecule has 0 aromatic rings. The van der Waals surface area contributed by atoms with Crippen LogP contribution >= 0.6 is 0 Å². The quantitative estimate of drug-likeness (QED) is 0.515. The van der Waals surface area contributed by atoms with Gasteiger partial charge >= 0.3 is 5.97 Å². The lowest BCUT2D eigenvalue weighted by Gasteiger charge is -2.06. The van der Waals surface area contributed by atoms with Crippen molar-refractivity contribution in [1.82, 2.24) is 0 Å². The van der Waals surface area contributed by atoms with Crippen molar-refractivity contribution in [2.75, 3.05) is 6.61 Å². The molecule has 0 bridgehead atoms. The lowest BCUT2D eigenvalue weighted by atomic mass is 10.1. The van der Waals surface area contributed by atoms with Gasteiger partial charge in [0.05, 0.1) is 6.61 Å². The van der Waals surface area contributed by atoms with Crippen molar-refractivity contribution in [2.24, 2.45) is 5.73 Å². The predicted octanol–water partition coefficient (Wildman–Crippen LogP) is 1.54. The molecular weight excluding hydrogens is 194 g/mol. The number of esters is 1. The predicted molar refractivity (Wildman–Crippen MR) is 58.1 cm³/mol. The average Bonchev–Trinajstić information content (AvgIpc) is 2.20. The zero-order valence-electron chi connectivity index (χ0n) is 9.41. The number of amides is 1. The van der Waals surface area contributed by atoms with E-state index in [4.69, 9.17) is 10.5 Å². The highest BCUT2D eigenvalue weighted by molar-refractivity contribution is 5.97. The Morgan fingerprint density at radius 2 is 1.93 bits per heavy atom. The van der Waals surface area contributed by atoms with Gasteiger partial charge in [-0.1, -0.05) is 20.3 Å². The Kier molecular flexibility index (Phi) is 7.32. The molecule has 2 N–H and O–H groups in total. The highest BCUT2D eigenvalue weighted by atomic mass is 16.5. The van der Waals surface area contributed by atoms with E-state index in [-0.39, 0.29) is 0 Å². The van der Waals surface area contributed by atoms with Crippen molar-refractivity contribution in [3.05, 3.63) is 11.6 Å². The highest BCUT2D eigenvalue weighted by Crippen LogP contribution is 2.09. The van der Waals surface area contributed by atoms with Gasteiger partial charge in [-0.05, 0) is 19.3 Å². The standard InChI is InChI=1S/C11H19NO3/c1-3-5-6-9(8-10(12)13)11(14)15-7-4-2/h8H,3-7H2,1-2H3,(H2,12,13)/b9-8-. The van der Waals surface area contributed by atoms with Gasteiger partial charge < -0.3 is 10.5 Å². The Hall–Kier alpha value is -1.32. The van der Waals surface area contributed by atoms with Crippen molar-refractivity contribution < 1.29 is 14.3 Å². The SMILES string of the molecule is CCCC/C(=C/C(N)=O)C(=O)OCCC. The minimum absolute atomic E-state index is 0.373. The van der Waals surface area contributed by atoms with E-state index in [1.807, 2.05) is 13.8 Å². The lowest BCUT2D eigenvalue weighted by Crippen LogP contribution is -2.14. The van der Waals surface area contributed by atoms with Crippen LogP contribution in [-0.4, -0.2) is 18.5 Å². The van der Waals surface area contributed by atoms with Crippen molar-refractivity contribution in [2.45, 2.75) is 39.5 Å². The van der Waals surface area contributed by atoms with Gasteiger partial charge in [0.25, 0.3) is 0 Å². The number of hydrogen-bond acceptors (Lipinski definition) is 3. The monoisotopic (exact) mass is 213 g/mol. The van der Waals surface area contributed by atoms with Gasteiger partial charge in [0, 0.05) is 11.6 Å². The van der Waals surface area contributed by atoms with Crippen LogP contribution in [0.2, 0.25) is 0 Å². The van der Waals surface area contributed by atoms with Crippen molar-refractivity contribution >= 4 is 11.9 Å². The van der Waals surface area contributed by atoms with Gasteiger partial charge in [-0.25, -0.2) is 4.79 Å². The molecular formula is C11H19NO3.